The van der Waals surface area contributed by atoms with Gasteiger partial charge in [0.15, 0.2) is 0 Å². The van der Waals surface area contributed by atoms with Gasteiger partial charge in [0.1, 0.15) is 0 Å². The highest BCUT2D eigenvalue weighted by Gasteiger charge is 2.11. The third kappa shape index (κ3) is 4.93. The van der Waals surface area contributed by atoms with Gasteiger partial charge in [-0.05, 0) is 141 Å². The second kappa shape index (κ2) is 11.6. The molecular weight excluding hydrogens is 601 g/mol. The third-order valence-corrected chi connectivity index (χ3v) is 10.4. The lowest BCUT2D eigenvalue weighted by Crippen LogP contribution is -1.86. The van der Waals surface area contributed by atoms with E-state index in [9.17, 15) is 0 Å². The first-order valence-electron chi connectivity index (χ1n) is 17.3. The molecule has 232 valence electrons. The van der Waals surface area contributed by atoms with Crippen molar-refractivity contribution in [2.75, 3.05) is 0 Å². The van der Waals surface area contributed by atoms with E-state index >= 15 is 0 Å². The summed E-state index contributed by atoms with van der Waals surface area (Å²) in [5.74, 6) is 0. The van der Waals surface area contributed by atoms with E-state index in [4.69, 9.17) is 0 Å². The number of hydrogen-bond acceptors (Lipinski definition) is 0. The van der Waals surface area contributed by atoms with Crippen molar-refractivity contribution in [3.63, 3.8) is 0 Å². The Bertz CT molecular complexity index is 2930. The number of fused-ring (bicyclic) bond motifs is 6. The molecule has 0 bridgehead atoms. The lowest BCUT2D eigenvalue weighted by Gasteiger charge is -2.13. The monoisotopic (exact) mass is 632 g/mol. The molecule has 0 spiro atoms. The lowest BCUT2D eigenvalue weighted by atomic mass is 9.91. The van der Waals surface area contributed by atoms with Crippen LogP contribution in [-0.2, 0) is 0 Å². The highest BCUT2D eigenvalue weighted by atomic mass is 14.1. The van der Waals surface area contributed by atoms with E-state index in [-0.39, 0.29) is 0 Å². The molecule has 0 saturated heterocycles. The summed E-state index contributed by atoms with van der Waals surface area (Å²) in [6.07, 6.45) is 0. The quantitative estimate of drug-likeness (QED) is 0.169. The van der Waals surface area contributed by atoms with Gasteiger partial charge in [-0.1, -0.05) is 152 Å². The van der Waals surface area contributed by atoms with E-state index in [1.54, 1.807) is 0 Å². The molecule has 0 unspecified atom stereocenters. The smallest absolute Gasteiger partial charge is 0.00988 e. The summed E-state index contributed by atoms with van der Waals surface area (Å²) in [5.41, 5.74) is 9.92. The Morgan fingerprint density at radius 3 is 1.12 bits per heavy atom. The van der Waals surface area contributed by atoms with Gasteiger partial charge in [0.2, 0.25) is 0 Å². The predicted molar refractivity (Wildman–Crippen MR) is 216 cm³/mol. The van der Waals surface area contributed by atoms with Gasteiger partial charge < -0.3 is 0 Å². The van der Waals surface area contributed by atoms with Crippen LogP contribution in [-0.4, -0.2) is 0 Å². The summed E-state index contributed by atoms with van der Waals surface area (Å²) >= 11 is 0. The van der Waals surface area contributed by atoms with Gasteiger partial charge in [0.25, 0.3) is 0 Å². The Morgan fingerprint density at radius 1 is 0.180 bits per heavy atom. The Morgan fingerprint density at radius 2 is 0.560 bits per heavy atom. The maximum absolute atomic E-state index is 2.34. The second-order valence-corrected chi connectivity index (χ2v) is 13.4. The summed E-state index contributed by atoms with van der Waals surface area (Å²) < 4.78 is 0. The maximum Gasteiger partial charge on any atom is -0.00988 e. The van der Waals surface area contributed by atoms with E-state index in [0.29, 0.717) is 0 Å². The molecule has 0 saturated carbocycles. The van der Waals surface area contributed by atoms with Crippen LogP contribution in [0.4, 0.5) is 0 Å². The molecule has 10 rings (SSSR count). The minimum Gasteiger partial charge on any atom is -0.0616 e. The van der Waals surface area contributed by atoms with Gasteiger partial charge in [-0.15, -0.1) is 0 Å². The molecule has 0 aliphatic heterocycles. The number of benzene rings is 10. The molecule has 0 aromatic heterocycles. The van der Waals surface area contributed by atoms with E-state index in [0.717, 1.165) is 0 Å². The van der Waals surface area contributed by atoms with E-state index in [1.807, 2.05) is 0 Å². The van der Waals surface area contributed by atoms with Gasteiger partial charge in [-0.25, -0.2) is 0 Å². The number of rotatable bonds is 4. The van der Waals surface area contributed by atoms with Crippen LogP contribution in [0.3, 0.4) is 0 Å². The Balaban J connectivity index is 0.967. The van der Waals surface area contributed by atoms with Crippen molar-refractivity contribution in [2.45, 2.75) is 0 Å². The average Bonchev–Trinajstić information content (AvgIpc) is 3.19. The Hall–Kier alpha value is -6.50. The molecular formula is C50H32. The van der Waals surface area contributed by atoms with Crippen LogP contribution >= 0.6 is 0 Å². The zero-order chi connectivity index (χ0) is 33.0. The fourth-order valence-corrected chi connectivity index (χ4v) is 7.74. The molecule has 0 amide bonds. The highest BCUT2D eigenvalue weighted by molar-refractivity contribution is 6.14. The fraction of sp³-hybridized carbons (Fsp3) is 0. The Kier molecular flexibility index (Phi) is 6.60. The highest BCUT2D eigenvalue weighted by Crippen LogP contribution is 2.37. The van der Waals surface area contributed by atoms with E-state index < -0.39 is 0 Å². The predicted octanol–water partition coefficient (Wildman–Crippen LogP) is 14.1. The van der Waals surface area contributed by atoms with Crippen LogP contribution in [0.1, 0.15) is 0 Å². The van der Waals surface area contributed by atoms with Crippen LogP contribution in [0, 0.1) is 0 Å². The first kappa shape index (κ1) is 28.5. The van der Waals surface area contributed by atoms with Gasteiger partial charge in [0.05, 0.1) is 0 Å². The molecule has 0 fully saturated rings. The first-order valence-corrected chi connectivity index (χ1v) is 17.3. The van der Waals surface area contributed by atoms with Gasteiger partial charge >= 0.3 is 0 Å². The van der Waals surface area contributed by atoms with Gasteiger partial charge in [-0.2, -0.15) is 0 Å². The molecule has 0 N–H and O–H groups in total. The van der Waals surface area contributed by atoms with E-state index in [1.165, 1.54) is 98.4 Å². The van der Waals surface area contributed by atoms with E-state index in [2.05, 4.69) is 194 Å². The minimum absolute atomic E-state index is 1.23. The molecule has 0 aliphatic carbocycles. The zero-order valence-electron chi connectivity index (χ0n) is 27.5. The summed E-state index contributed by atoms with van der Waals surface area (Å²) in [6, 6.07) is 71.4. The lowest BCUT2D eigenvalue weighted by molar-refractivity contribution is 1.62. The Labute approximate surface area is 291 Å². The van der Waals surface area contributed by atoms with Crippen molar-refractivity contribution in [2.24, 2.45) is 0 Å². The molecule has 10 aromatic carbocycles. The van der Waals surface area contributed by atoms with Crippen LogP contribution < -0.4 is 0 Å². The van der Waals surface area contributed by atoms with Crippen molar-refractivity contribution >= 4 is 53.9 Å². The molecule has 0 atom stereocenters. The average molecular weight is 633 g/mol. The molecule has 0 heterocycles. The minimum atomic E-state index is 1.23. The molecule has 0 aliphatic rings. The van der Waals surface area contributed by atoms with Crippen LogP contribution in [0.15, 0.2) is 194 Å². The standard InChI is InChI=1S/C50H32/c1-2-9-34-26-37(17-16-33(34)8-1)39-21-23-43-30-44(25-24-41(43)28-39)42-22-20-38-27-36(18-19-40(38)29-42)35-11-7-12-45(31-35)50-32-46-10-3-4-13-47(46)48-14-5-6-15-49(48)50/h1-32H. The van der Waals surface area contributed by atoms with Crippen molar-refractivity contribution in [1.82, 2.24) is 0 Å². The topological polar surface area (TPSA) is 0 Å². The zero-order valence-corrected chi connectivity index (χ0v) is 27.5. The van der Waals surface area contributed by atoms with Crippen molar-refractivity contribution in [1.29, 1.82) is 0 Å². The summed E-state index contributed by atoms with van der Waals surface area (Å²) in [5, 5.41) is 12.7. The van der Waals surface area contributed by atoms with Gasteiger partial charge in [0, 0.05) is 0 Å². The molecule has 50 heavy (non-hydrogen) atoms. The summed E-state index contributed by atoms with van der Waals surface area (Å²) in [4.78, 5) is 0. The van der Waals surface area contributed by atoms with Crippen molar-refractivity contribution in [3.05, 3.63) is 194 Å². The largest absolute Gasteiger partial charge is 0.0616 e. The third-order valence-electron chi connectivity index (χ3n) is 10.4. The first-order chi connectivity index (χ1) is 24.7. The molecule has 0 radical (unpaired) electrons. The van der Waals surface area contributed by atoms with Crippen molar-refractivity contribution in [3.8, 4) is 44.5 Å². The SMILES string of the molecule is c1cc(-c2ccc3cc(-c4ccc5cc(-c6ccc7ccccc7c6)ccc5c4)ccc3c2)cc(-c2cc3ccccc3c3ccccc23)c1. The fourth-order valence-electron chi connectivity index (χ4n) is 7.74. The maximum atomic E-state index is 2.34. The molecule has 0 heteroatoms. The van der Waals surface area contributed by atoms with Gasteiger partial charge in [-0.3, -0.25) is 0 Å². The van der Waals surface area contributed by atoms with Crippen molar-refractivity contribution < 1.29 is 0 Å². The number of hydrogen-bond donors (Lipinski definition) is 0. The summed E-state index contributed by atoms with van der Waals surface area (Å²) in [7, 11) is 0. The molecule has 10 aromatic rings. The normalized spacial score (nSPS) is 11.6. The molecule has 0 nitrogen and oxygen atoms in total. The second-order valence-electron chi connectivity index (χ2n) is 13.4. The summed E-state index contributed by atoms with van der Waals surface area (Å²) in [6.45, 7) is 0. The van der Waals surface area contributed by atoms with Crippen LogP contribution in [0.5, 0.6) is 0 Å². The van der Waals surface area contributed by atoms with Crippen LogP contribution in [0.25, 0.3) is 98.4 Å². The van der Waals surface area contributed by atoms with Crippen LogP contribution in [0.2, 0.25) is 0 Å².